The number of carbonyl (C=O) groups excluding carboxylic acids is 1. The van der Waals surface area contributed by atoms with Crippen molar-refractivity contribution in [3.63, 3.8) is 0 Å². The number of benzene rings is 2. The number of amides is 1. The van der Waals surface area contributed by atoms with Crippen LogP contribution in [0.3, 0.4) is 0 Å². The van der Waals surface area contributed by atoms with Crippen LogP contribution in [0.2, 0.25) is 5.15 Å². The van der Waals surface area contributed by atoms with E-state index >= 15 is 0 Å². The van der Waals surface area contributed by atoms with Crippen molar-refractivity contribution in [1.29, 1.82) is 0 Å². The third-order valence-corrected chi connectivity index (χ3v) is 4.08. The minimum Gasteiger partial charge on any atom is -0.366 e. The Morgan fingerprint density at radius 3 is 2.50 bits per heavy atom. The Labute approximate surface area is 153 Å². The predicted molar refractivity (Wildman–Crippen MR) is 99.9 cm³/mol. The van der Waals surface area contributed by atoms with Gasteiger partial charge in [-0.3, -0.25) is 4.79 Å². The van der Waals surface area contributed by atoms with E-state index in [1.807, 2.05) is 30.3 Å². The van der Waals surface area contributed by atoms with Gasteiger partial charge in [0.25, 0.3) is 0 Å². The Kier molecular flexibility index (Phi) is 3.98. The van der Waals surface area contributed by atoms with Gasteiger partial charge in [-0.05, 0) is 36.4 Å². The van der Waals surface area contributed by atoms with Gasteiger partial charge in [0.1, 0.15) is 0 Å². The smallest absolute Gasteiger partial charge is 0.248 e. The SMILES string of the molecule is NC(=O)c1ccc(Nc2ncc3c(Cl)nn(-c4ccccc4)c3n2)cc1. The lowest BCUT2D eigenvalue weighted by molar-refractivity contribution is 0.100. The van der Waals surface area contributed by atoms with Gasteiger partial charge in [0.2, 0.25) is 11.9 Å². The number of primary amides is 1. The first kappa shape index (κ1) is 16.0. The molecule has 2 heterocycles. The summed E-state index contributed by atoms with van der Waals surface area (Å²) in [6, 6.07) is 16.3. The molecule has 128 valence electrons. The largest absolute Gasteiger partial charge is 0.366 e. The normalized spacial score (nSPS) is 10.8. The Balaban J connectivity index is 1.72. The van der Waals surface area contributed by atoms with Gasteiger partial charge >= 0.3 is 0 Å². The molecule has 0 bridgehead atoms. The topological polar surface area (TPSA) is 98.7 Å². The van der Waals surface area contributed by atoms with Crippen molar-refractivity contribution in [2.24, 2.45) is 5.73 Å². The van der Waals surface area contributed by atoms with Gasteiger partial charge in [-0.2, -0.15) is 10.1 Å². The monoisotopic (exact) mass is 364 g/mol. The molecular weight excluding hydrogens is 352 g/mol. The molecule has 4 aromatic rings. The maximum Gasteiger partial charge on any atom is 0.248 e. The van der Waals surface area contributed by atoms with Gasteiger partial charge < -0.3 is 11.1 Å². The van der Waals surface area contributed by atoms with Crippen LogP contribution in [0.15, 0.2) is 60.8 Å². The fourth-order valence-electron chi connectivity index (χ4n) is 2.53. The number of nitrogens with one attached hydrogen (secondary N) is 1. The van der Waals surface area contributed by atoms with E-state index < -0.39 is 5.91 Å². The molecule has 0 aliphatic heterocycles. The second kappa shape index (κ2) is 6.45. The number of anilines is 2. The fraction of sp³-hybridized carbons (Fsp3) is 0. The minimum absolute atomic E-state index is 0.334. The quantitative estimate of drug-likeness (QED) is 0.578. The lowest BCUT2D eigenvalue weighted by atomic mass is 10.2. The van der Waals surface area contributed by atoms with Crippen molar-refractivity contribution in [3.05, 3.63) is 71.5 Å². The second-order valence-corrected chi connectivity index (χ2v) is 5.89. The number of nitrogens with two attached hydrogens (primary N) is 1. The van der Waals surface area contributed by atoms with Gasteiger partial charge in [0.05, 0.1) is 11.1 Å². The van der Waals surface area contributed by atoms with E-state index in [-0.39, 0.29) is 0 Å². The van der Waals surface area contributed by atoms with Crippen LogP contribution < -0.4 is 11.1 Å². The summed E-state index contributed by atoms with van der Waals surface area (Å²) in [7, 11) is 0. The number of hydrogen-bond donors (Lipinski definition) is 2. The van der Waals surface area contributed by atoms with E-state index in [9.17, 15) is 4.79 Å². The molecule has 1 amide bonds. The first-order chi connectivity index (χ1) is 12.6. The highest BCUT2D eigenvalue weighted by Gasteiger charge is 2.13. The molecule has 8 heteroatoms. The average molecular weight is 365 g/mol. The summed E-state index contributed by atoms with van der Waals surface area (Å²) in [6.07, 6.45) is 1.62. The standard InChI is InChI=1S/C18H13ClN6O/c19-15-14-10-21-18(22-12-8-6-11(7-9-12)16(20)26)23-17(14)25(24-15)13-4-2-1-3-5-13/h1-10H,(H2,20,26)(H,21,22,23). The van der Waals surface area contributed by atoms with Crippen LogP contribution in [-0.4, -0.2) is 25.7 Å². The first-order valence-electron chi connectivity index (χ1n) is 7.75. The highest BCUT2D eigenvalue weighted by molar-refractivity contribution is 6.34. The molecule has 0 aliphatic rings. The number of para-hydroxylation sites is 1. The summed E-state index contributed by atoms with van der Waals surface area (Å²) < 4.78 is 1.67. The molecule has 2 aromatic carbocycles. The van der Waals surface area contributed by atoms with Crippen molar-refractivity contribution >= 4 is 40.2 Å². The van der Waals surface area contributed by atoms with Gasteiger partial charge in [-0.1, -0.05) is 29.8 Å². The lowest BCUT2D eigenvalue weighted by Crippen LogP contribution is -2.10. The third-order valence-electron chi connectivity index (χ3n) is 3.81. The Hall–Kier alpha value is -3.45. The second-order valence-electron chi connectivity index (χ2n) is 5.54. The van der Waals surface area contributed by atoms with Crippen molar-refractivity contribution in [2.75, 3.05) is 5.32 Å². The van der Waals surface area contributed by atoms with E-state index in [4.69, 9.17) is 17.3 Å². The summed E-state index contributed by atoms with van der Waals surface area (Å²) in [4.78, 5) is 19.9. The third kappa shape index (κ3) is 2.96. The zero-order chi connectivity index (χ0) is 18.1. The number of nitrogens with zero attached hydrogens (tertiary/aromatic N) is 4. The van der Waals surface area contributed by atoms with E-state index in [0.717, 1.165) is 11.4 Å². The number of carbonyl (C=O) groups is 1. The summed E-state index contributed by atoms with van der Waals surface area (Å²) in [5, 5.41) is 8.42. The molecule has 4 rings (SSSR count). The van der Waals surface area contributed by atoms with Crippen molar-refractivity contribution in [1.82, 2.24) is 19.7 Å². The molecule has 3 N–H and O–H groups in total. The number of aromatic nitrogens is 4. The molecule has 0 saturated heterocycles. The number of rotatable bonds is 4. The van der Waals surface area contributed by atoms with Crippen molar-refractivity contribution < 1.29 is 4.79 Å². The van der Waals surface area contributed by atoms with E-state index in [1.54, 1.807) is 35.1 Å². The molecule has 0 saturated carbocycles. The molecule has 0 atom stereocenters. The molecule has 0 fully saturated rings. The zero-order valence-corrected chi connectivity index (χ0v) is 14.2. The molecule has 0 radical (unpaired) electrons. The summed E-state index contributed by atoms with van der Waals surface area (Å²) in [5.74, 6) is -0.0892. The van der Waals surface area contributed by atoms with Crippen molar-refractivity contribution in [2.45, 2.75) is 0 Å². The molecule has 0 unspecified atom stereocenters. The minimum atomic E-state index is -0.476. The zero-order valence-electron chi connectivity index (χ0n) is 13.4. The van der Waals surface area contributed by atoms with Crippen LogP contribution in [0.1, 0.15) is 10.4 Å². The lowest BCUT2D eigenvalue weighted by Gasteiger charge is -2.06. The van der Waals surface area contributed by atoms with Crippen LogP contribution in [0.5, 0.6) is 0 Å². The van der Waals surface area contributed by atoms with Gasteiger partial charge in [0, 0.05) is 17.4 Å². The van der Waals surface area contributed by atoms with Crippen LogP contribution >= 0.6 is 11.6 Å². The average Bonchev–Trinajstić information content (AvgIpc) is 2.99. The van der Waals surface area contributed by atoms with Gasteiger partial charge in [-0.25, -0.2) is 9.67 Å². The predicted octanol–water partition coefficient (Wildman–Crippen LogP) is 3.31. The highest BCUT2D eigenvalue weighted by atomic mass is 35.5. The maximum atomic E-state index is 11.1. The number of halogens is 1. The summed E-state index contributed by atoms with van der Waals surface area (Å²) in [6.45, 7) is 0. The number of fused-ring (bicyclic) bond motifs is 1. The molecule has 7 nitrogen and oxygen atoms in total. The van der Waals surface area contributed by atoms with Gasteiger partial charge in [-0.15, -0.1) is 0 Å². The summed E-state index contributed by atoms with van der Waals surface area (Å²) in [5.41, 5.74) is 7.84. The first-order valence-corrected chi connectivity index (χ1v) is 8.13. The Bertz CT molecular complexity index is 1090. The Morgan fingerprint density at radius 2 is 1.81 bits per heavy atom. The number of hydrogen-bond acceptors (Lipinski definition) is 5. The molecule has 26 heavy (non-hydrogen) atoms. The maximum absolute atomic E-state index is 11.1. The van der Waals surface area contributed by atoms with Crippen LogP contribution in [-0.2, 0) is 0 Å². The molecule has 2 aromatic heterocycles. The molecule has 0 aliphatic carbocycles. The van der Waals surface area contributed by atoms with Crippen LogP contribution in [0, 0.1) is 0 Å². The van der Waals surface area contributed by atoms with E-state index in [0.29, 0.717) is 27.7 Å². The van der Waals surface area contributed by atoms with Crippen molar-refractivity contribution in [3.8, 4) is 5.69 Å². The van der Waals surface area contributed by atoms with Crippen LogP contribution in [0.4, 0.5) is 11.6 Å². The van der Waals surface area contributed by atoms with Gasteiger partial charge in [0.15, 0.2) is 10.8 Å². The summed E-state index contributed by atoms with van der Waals surface area (Å²) >= 11 is 6.21. The fourth-order valence-corrected chi connectivity index (χ4v) is 2.73. The highest BCUT2D eigenvalue weighted by Crippen LogP contribution is 2.25. The molecule has 0 spiro atoms. The van der Waals surface area contributed by atoms with E-state index in [2.05, 4.69) is 20.4 Å². The van der Waals surface area contributed by atoms with E-state index in [1.165, 1.54) is 0 Å². The van der Waals surface area contributed by atoms with Crippen LogP contribution in [0.25, 0.3) is 16.7 Å². The molecular formula is C18H13ClN6O. The Morgan fingerprint density at radius 1 is 1.08 bits per heavy atom.